The van der Waals surface area contributed by atoms with Gasteiger partial charge in [0.2, 0.25) is 0 Å². The molecule has 3 heteroatoms. The summed E-state index contributed by atoms with van der Waals surface area (Å²) in [5.41, 5.74) is 2.42. The van der Waals surface area contributed by atoms with Gasteiger partial charge in [-0.1, -0.05) is 37.6 Å². The van der Waals surface area contributed by atoms with E-state index in [0.29, 0.717) is 24.4 Å². The first-order valence-electron chi connectivity index (χ1n) is 8.08. The summed E-state index contributed by atoms with van der Waals surface area (Å²) in [6, 6.07) is 8.16. The summed E-state index contributed by atoms with van der Waals surface area (Å²) in [4.78, 5) is 0. The fraction of sp³-hybridized carbons (Fsp3) is 0.579. The third-order valence-corrected chi connectivity index (χ3v) is 5.99. The minimum absolute atomic E-state index is 0.0596. The van der Waals surface area contributed by atoms with Crippen LogP contribution >= 0.6 is 0 Å². The average Bonchev–Trinajstić information content (AvgIpc) is 2.53. The lowest BCUT2D eigenvalue weighted by Gasteiger charge is -2.55. The molecular formula is C19H26O3. The largest absolute Gasteiger partial charge is 0.497 e. The first-order chi connectivity index (χ1) is 10.5. The van der Waals surface area contributed by atoms with Crippen LogP contribution in [0.4, 0.5) is 0 Å². The van der Waals surface area contributed by atoms with Crippen molar-refractivity contribution in [3.63, 3.8) is 0 Å². The predicted octanol–water partition coefficient (Wildman–Crippen LogP) is 3.59. The van der Waals surface area contributed by atoms with Crippen LogP contribution in [0.25, 0.3) is 0 Å². The molecule has 0 saturated carbocycles. The molecule has 0 aromatic heterocycles. The molecule has 1 N–H and O–H groups in total. The molecule has 0 radical (unpaired) electrons. The topological polar surface area (TPSA) is 38.7 Å². The molecule has 1 aromatic carbocycles. The van der Waals surface area contributed by atoms with E-state index in [9.17, 15) is 5.11 Å². The van der Waals surface area contributed by atoms with E-state index in [1.54, 1.807) is 7.11 Å². The number of ether oxygens (including phenoxy) is 2. The molecule has 0 amide bonds. The zero-order valence-corrected chi connectivity index (χ0v) is 13.9. The number of allylic oxidation sites excluding steroid dienone is 1. The van der Waals surface area contributed by atoms with Crippen LogP contribution in [0.1, 0.15) is 32.4 Å². The molecule has 22 heavy (non-hydrogen) atoms. The van der Waals surface area contributed by atoms with Gasteiger partial charge in [-0.3, -0.25) is 0 Å². The minimum Gasteiger partial charge on any atom is -0.497 e. The van der Waals surface area contributed by atoms with Crippen molar-refractivity contribution in [2.45, 2.75) is 26.9 Å². The molecule has 1 fully saturated rings. The number of aliphatic hydroxyl groups excluding tert-OH is 1. The van der Waals surface area contributed by atoms with E-state index in [-0.39, 0.29) is 18.1 Å². The van der Waals surface area contributed by atoms with Crippen LogP contribution < -0.4 is 4.74 Å². The van der Waals surface area contributed by atoms with Gasteiger partial charge in [0.15, 0.2) is 0 Å². The van der Waals surface area contributed by atoms with E-state index in [1.807, 2.05) is 12.1 Å². The average molecular weight is 302 g/mol. The maximum absolute atomic E-state index is 10.0. The number of methoxy groups -OCH3 is 1. The molecule has 5 atom stereocenters. The Morgan fingerprint density at radius 1 is 1.27 bits per heavy atom. The van der Waals surface area contributed by atoms with Gasteiger partial charge in [-0.15, -0.1) is 0 Å². The van der Waals surface area contributed by atoms with Crippen molar-refractivity contribution in [3.05, 3.63) is 41.5 Å². The number of benzene rings is 1. The van der Waals surface area contributed by atoms with E-state index in [0.717, 1.165) is 5.75 Å². The van der Waals surface area contributed by atoms with E-state index in [1.165, 1.54) is 11.1 Å². The van der Waals surface area contributed by atoms with Crippen LogP contribution in [-0.2, 0) is 4.74 Å². The molecule has 1 aliphatic carbocycles. The molecule has 3 rings (SSSR count). The van der Waals surface area contributed by atoms with Crippen molar-refractivity contribution in [1.82, 2.24) is 0 Å². The van der Waals surface area contributed by atoms with Crippen LogP contribution in [0, 0.1) is 23.2 Å². The zero-order chi connectivity index (χ0) is 15.9. The van der Waals surface area contributed by atoms with Crippen LogP contribution in [0.3, 0.4) is 0 Å². The Labute approximate surface area is 132 Å². The van der Waals surface area contributed by atoms with Crippen molar-refractivity contribution >= 4 is 0 Å². The maximum Gasteiger partial charge on any atom is 0.118 e. The summed E-state index contributed by atoms with van der Waals surface area (Å²) in [5.74, 6) is 1.94. The van der Waals surface area contributed by atoms with Crippen LogP contribution in [-0.4, -0.2) is 25.4 Å². The quantitative estimate of drug-likeness (QED) is 0.867. The molecule has 2 aliphatic rings. The molecule has 1 aromatic rings. The van der Waals surface area contributed by atoms with Gasteiger partial charge in [-0.25, -0.2) is 0 Å². The maximum atomic E-state index is 10.0. The third-order valence-electron chi connectivity index (χ3n) is 5.99. The number of hydrogen-bond acceptors (Lipinski definition) is 3. The normalized spacial score (nSPS) is 37.6. The van der Waals surface area contributed by atoms with E-state index >= 15 is 0 Å². The number of fused-ring (bicyclic) bond motifs is 2. The Kier molecular flexibility index (Phi) is 4.04. The minimum atomic E-state index is -0.146. The molecule has 1 heterocycles. The monoisotopic (exact) mass is 302 g/mol. The molecular weight excluding hydrogens is 276 g/mol. The van der Waals surface area contributed by atoms with E-state index in [2.05, 4.69) is 39.0 Å². The third kappa shape index (κ3) is 2.19. The Bertz CT molecular complexity index is 563. The Morgan fingerprint density at radius 2 is 1.95 bits per heavy atom. The second-order valence-corrected chi connectivity index (χ2v) is 6.91. The van der Waals surface area contributed by atoms with Gasteiger partial charge in [0.1, 0.15) is 5.75 Å². The zero-order valence-electron chi connectivity index (χ0n) is 13.9. The van der Waals surface area contributed by atoms with Crippen molar-refractivity contribution in [3.8, 4) is 5.75 Å². The highest BCUT2D eigenvalue weighted by molar-refractivity contribution is 5.32. The van der Waals surface area contributed by atoms with Gasteiger partial charge in [0, 0.05) is 11.3 Å². The summed E-state index contributed by atoms with van der Waals surface area (Å²) >= 11 is 0. The Balaban J connectivity index is 1.97. The summed E-state index contributed by atoms with van der Waals surface area (Å²) in [5, 5.41) is 10.0. The lowest BCUT2D eigenvalue weighted by Crippen LogP contribution is -2.53. The van der Waals surface area contributed by atoms with Crippen molar-refractivity contribution in [2.24, 2.45) is 23.2 Å². The Morgan fingerprint density at radius 3 is 2.55 bits per heavy atom. The molecule has 2 bridgehead atoms. The molecule has 1 saturated heterocycles. The number of rotatable bonds is 3. The van der Waals surface area contributed by atoms with Crippen molar-refractivity contribution in [2.75, 3.05) is 20.3 Å². The molecule has 1 aliphatic heterocycles. The van der Waals surface area contributed by atoms with Crippen molar-refractivity contribution < 1.29 is 14.6 Å². The Hall–Kier alpha value is -1.32. The molecule has 3 nitrogen and oxygen atoms in total. The van der Waals surface area contributed by atoms with Gasteiger partial charge in [0.25, 0.3) is 0 Å². The second kappa shape index (κ2) is 5.71. The first kappa shape index (κ1) is 15.6. The van der Waals surface area contributed by atoms with Gasteiger partial charge in [0.05, 0.1) is 26.4 Å². The van der Waals surface area contributed by atoms with Gasteiger partial charge < -0.3 is 14.6 Å². The first-order valence-corrected chi connectivity index (χ1v) is 8.08. The summed E-state index contributed by atoms with van der Waals surface area (Å²) < 4.78 is 11.5. The fourth-order valence-electron chi connectivity index (χ4n) is 4.38. The second-order valence-electron chi connectivity index (χ2n) is 6.91. The van der Waals surface area contributed by atoms with E-state index < -0.39 is 0 Å². The molecule has 0 unspecified atom stereocenters. The summed E-state index contributed by atoms with van der Waals surface area (Å²) in [6.45, 7) is 7.47. The lowest BCUT2D eigenvalue weighted by molar-refractivity contribution is -0.165. The van der Waals surface area contributed by atoms with Crippen molar-refractivity contribution in [1.29, 1.82) is 0 Å². The highest BCUT2D eigenvalue weighted by Gasteiger charge is 2.53. The smallest absolute Gasteiger partial charge is 0.118 e. The number of aliphatic hydroxyl groups is 1. The highest BCUT2D eigenvalue weighted by atomic mass is 16.5. The van der Waals surface area contributed by atoms with Gasteiger partial charge >= 0.3 is 0 Å². The molecule has 120 valence electrons. The highest BCUT2D eigenvalue weighted by Crippen LogP contribution is 2.55. The predicted molar refractivity (Wildman–Crippen MR) is 86.8 cm³/mol. The fourth-order valence-corrected chi connectivity index (χ4v) is 4.38. The standard InChI is InChI=1S/C19H26O3/c1-12-9-13(2)19(10-20)11-22-18(17(12)14(19)3)15-5-7-16(21-4)8-6-15/h5-9,13-14,17-18,20H,10-11H2,1-4H3/t13-,14-,17-,18+,19+/m0/s1. The lowest BCUT2D eigenvalue weighted by atomic mass is 9.56. The van der Waals surface area contributed by atoms with E-state index in [4.69, 9.17) is 9.47 Å². The summed E-state index contributed by atoms with van der Waals surface area (Å²) in [7, 11) is 1.68. The van der Waals surface area contributed by atoms with Crippen LogP contribution in [0.2, 0.25) is 0 Å². The van der Waals surface area contributed by atoms with Gasteiger partial charge in [-0.2, -0.15) is 0 Å². The van der Waals surface area contributed by atoms with Gasteiger partial charge in [-0.05, 0) is 36.5 Å². The number of hydrogen-bond donors (Lipinski definition) is 1. The summed E-state index contributed by atoms with van der Waals surface area (Å²) in [6.07, 6.45) is 2.39. The van der Waals surface area contributed by atoms with Crippen LogP contribution in [0.5, 0.6) is 5.75 Å². The van der Waals surface area contributed by atoms with Crippen LogP contribution in [0.15, 0.2) is 35.9 Å². The molecule has 0 spiro atoms. The SMILES string of the molecule is COc1ccc([C@H]2OC[C@]3(CO)[C@@H](C)C=C(C)[C@H]2[C@@H]3C)cc1.